The highest BCUT2D eigenvalue weighted by atomic mass is 16.5. The summed E-state index contributed by atoms with van der Waals surface area (Å²) >= 11 is 0. The average Bonchev–Trinajstić information content (AvgIpc) is 3.03. The lowest BCUT2D eigenvalue weighted by atomic mass is 10.0. The van der Waals surface area contributed by atoms with Crippen molar-refractivity contribution in [1.29, 1.82) is 0 Å². The molecule has 0 fully saturated rings. The van der Waals surface area contributed by atoms with Crippen molar-refractivity contribution >= 4 is 5.91 Å². The maximum absolute atomic E-state index is 12.4. The van der Waals surface area contributed by atoms with Gasteiger partial charge in [0.15, 0.2) is 11.5 Å². The zero-order valence-corrected chi connectivity index (χ0v) is 13.5. The van der Waals surface area contributed by atoms with E-state index in [9.17, 15) is 9.90 Å². The minimum atomic E-state index is -1.13. The molecule has 1 unspecified atom stereocenters. The molecule has 23 heavy (non-hydrogen) atoms. The molecular weight excluding hydrogens is 298 g/mol. The van der Waals surface area contributed by atoms with Crippen LogP contribution in [0.25, 0.3) is 0 Å². The summed E-state index contributed by atoms with van der Waals surface area (Å²) in [5.74, 6) is 1.14. The van der Waals surface area contributed by atoms with Crippen LogP contribution in [0.4, 0.5) is 0 Å². The lowest BCUT2D eigenvalue weighted by molar-refractivity contribution is 0.0509. The molecule has 1 aromatic carbocycles. The second-order valence-corrected chi connectivity index (χ2v) is 5.48. The normalized spacial score (nSPS) is 13.2. The van der Waals surface area contributed by atoms with Gasteiger partial charge in [-0.1, -0.05) is 6.07 Å². The molecule has 2 rings (SSSR count). The summed E-state index contributed by atoms with van der Waals surface area (Å²) in [7, 11) is 2.98. The van der Waals surface area contributed by atoms with E-state index in [1.165, 1.54) is 14.2 Å². The minimum absolute atomic E-state index is 0.0763. The summed E-state index contributed by atoms with van der Waals surface area (Å²) < 4.78 is 15.6. The van der Waals surface area contributed by atoms with Crippen molar-refractivity contribution in [3.8, 4) is 11.5 Å². The van der Waals surface area contributed by atoms with E-state index in [0.717, 1.165) is 0 Å². The van der Waals surface area contributed by atoms with Gasteiger partial charge in [0.2, 0.25) is 0 Å². The Bertz CT molecular complexity index is 649. The highest BCUT2D eigenvalue weighted by Gasteiger charge is 2.24. The van der Waals surface area contributed by atoms with E-state index >= 15 is 0 Å². The number of para-hydroxylation sites is 1. The van der Waals surface area contributed by atoms with Crippen LogP contribution in [0.15, 0.2) is 41.0 Å². The number of hydrogen-bond donors (Lipinski definition) is 2. The second-order valence-electron chi connectivity index (χ2n) is 5.48. The Morgan fingerprint density at radius 3 is 2.65 bits per heavy atom. The molecule has 0 aliphatic heterocycles. The molecule has 0 saturated carbocycles. The SMILES string of the molecule is COc1cccc(C(=O)NCC(C)(O)Cc2ccco2)c1OC. The van der Waals surface area contributed by atoms with Crippen LogP contribution in [0.2, 0.25) is 0 Å². The number of carbonyl (C=O) groups is 1. The van der Waals surface area contributed by atoms with Crippen LogP contribution >= 0.6 is 0 Å². The summed E-state index contributed by atoms with van der Waals surface area (Å²) in [5.41, 5.74) is -0.778. The topological polar surface area (TPSA) is 80.9 Å². The molecular formula is C17H21NO5. The summed E-state index contributed by atoms with van der Waals surface area (Å²) in [6.45, 7) is 1.71. The Balaban J connectivity index is 2.04. The van der Waals surface area contributed by atoms with Gasteiger partial charge in [0.1, 0.15) is 5.76 Å². The first-order valence-corrected chi connectivity index (χ1v) is 7.21. The van der Waals surface area contributed by atoms with Gasteiger partial charge >= 0.3 is 0 Å². The molecule has 0 aliphatic rings. The van der Waals surface area contributed by atoms with Gasteiger partial charge in [-0.15, -0.1) is 0 Å². The molecule has 0 spiro atoms. The van der Waals surface area contributed by atoms with Crippen molar-refractivity contribution in [3.63, 3.8) is 0 Å². The first-order chi connectivity index (χ1) is 11.0. The van der Waals surface area contributed by atoms with E-state index in [2.05, 4.69) is 5.32 Å². The molecule has 1 atom stereocenters. The maximum Gasteiger partial charge on any atom is 0.255 e. The molecule has 6 heteroatoms. The predicted octanol–water partition coefficient (Wildman–Crippen LogP) is 2.02. The molecule has 1 amide bonds. The van der Waals surface area contributed by atoms with Gasteiger partial charge in [0, 0.05) is 13.0 Å². The maximum atomic E-state index is 12.4. The van der Waals surface area contributed by atoms with Crippen LogP contribution in [0.3, 0.4) is 0 Å². The van der Waals surface area contributed by atoms with Crippen molar-refractivity contribution in [1.82, 2.24) is 5.32 Å². The highest BCUT2D eigenvalue weighted by Crippen LogP contribution is 2.30. The lowest BCUT2D eigenvalue weighted by Crippen LogP contribution is -2.42. The fourth-order valence-corrected chi connectivity index (χ4v) is 2.28. The van der Waals surface area contributed by atoms with Gasteiger partial charge in [0.05, 0.1) is 31.6 Å². The molecule has 0 saturated heterocycles. The summed E-state index contributed by atoms with van der Waals surface area (Å²) in [6.07, 6.45) is 1.85. The first-order valence-electron chi connectivity index (χ1n) is 7.21. The Morgan fingerprint density at radius 1 is 1.26 bits per heavy atom. The number of aliphatic hydroxyl groups is 1. The third-order valence-corrected chi connectivity index (χ3v) is 3.41. The Morgan fingerprint density at radius 2 is 2.04 bits per heavy atom. The minimum Gasteiger partial charge on any atom is -0.493 e. The molecule has 0 aliphatic carbocycles. The van der Waals surface area contributed by atoms with Gasteiger partial charge in [0.25, 0.3) is 5.91 Å². The third-order valence-electron chi connectivity index (χ3n) is 3.41. The summed E-state index contributed by atoms with van der Waals surface area (Å²) in [6, 6.07) is 8.59. The standard InChI is InChI=1S/C17H21NO5/c1-17(20,10-12-6-5-9-23-12)11-18-16(19)13-7-4-8-14(21-2)15(13)22-3/h4-9,20H,10-11H2,1-3H3,(H,18,19). The number of hydrogen-bond acceptors (Lipinski definition) is 5. The van der Waals surface area contributed by atoms with E-state index < -0.39 is 5.60 Å². The smallest absolute Gasteiger partial charge is 0.255 e. The average molecular weight is 319 g/mol. The highest BCUT2D eigenvalue weighted by molar-refractivity contribution is 5.97. The van der Waals surface area contributed by atoms with Gasteiger partial charge in [-0.2, -0.15) is 0 Å². The van der Waals surface area contributed by atoms with Crippen molar-refractivity contribution in [2.24, 2.45) is 0 Å². The molecule has 1 aromatic heterocycles. The Hall–Kier alpha value is -2.47. The number of benzene rings is 1. The van der Waals surface area contributed by atoms with Crippen LogP contribution < -0.4 is 14.8 Å². The van der Waals surface area contributed by atoms with Crippen molar-refractivity contribution < 1.29 is 23.8 Å². The molecule has 2 N–H and O–H groups in total. The zero-order valence-electron chi connectivity index (χ0n) is 13.5. The number of furan rings is 1. The second kappa shape index (κ2) is 7.19. The van der Waals surface area contributed by atoms with E-state index in [1.54, 1.807) is 43.5 Å². The zero-order chi connectivity index (χ0) is 16.9. The quantitative estimate of drug-likeness (QED) is 0.816. The number of amides is 1. The fourth-order valence-electron chi connectivity index (χ4n) is 2.28. The Labute approximate surface area is 135 Å². The molecule has 2 aromatic rings. The predicted molar refractivity (Wildman–Crippen MR) is 84.9 cm³/mol. The number of methoxy groups -OCH3 is 2. The Kier molecular flexibility index (Phi) is 5.28. The van der Waals surface area contributed by atoms with E-state index in [1.807, 2.05) is 0 Å². The first kappa shape index (κ1) is 16.9. The van der Waals surface area contributed by atoms with Gasteiger partial charge in [-0.25, -0.2) is 0 Å². The molecule has 0 bridgehead atoms. The van der Waals surface area contributed by atoms with Crippen LogP contribution in [-0.2, 0) is 6.42 Å². The van der Waals surface area contributed by atoms with E-state index in [4.69, 9.17) is 13.9 Å². The van der Waals surface area contributed by atoms with Crippen LogP contribution in [0.1, 0.15) is 23.0 Å². The number of rotatable bonds is 7. The molecule has 6 nitrogen and oxygen atoms in total. The largest absolute Gasteiger partial charge is 0.493 e. The number of carbonyl (C=O) groups excluding carboxylic acids is 1. The van der Waals surface area contributed by atoms with Crippen LogP contribution in [0.5, 0.6) is 11.5 Å². The van der Waals surface area contributed by atoms with Gasteiger partial charge in [-0.05, 0) is 31.2 Å². The van der Waals surface area contributed by atoms with E-state index in [-0.39, 0.29) is 12.5 Å². The third kappa shape index (κ3) is 4.26. The molecule has 1 heterocycles. The summed E-state index contributed by atoms with van der Waals surface area (Å²) in [5, 5.41) is 13.1. The van der Waals surface area contributed by atoms with Crippen molar-refractivity contribution in [3.05, 3.63) is 47.9 Å². The van der Waals surface area contributed by atoms with Gasteiger partial charge < -0.3 is 24.3 Å². The monoisotopic (exact) mass is 319 g/mol. The fraction of sp³-hybridized carbons (Fsp3) is 0.353. The van der Waals surface area contributed by atoms with E-state index in [0.29, 0.717) is 29.2 Å². The van der Waals surface area contributed by atoms with Crippen molar-refractivity contribution in [2.45, 2.75) is 18.9 Å². The molecule has 0 radical (unpaired) electrons. The van der Waals surface area contributed by atoms with Gasteiger partial charge in [-0.3, -0.25) is 4.79 Å². The van der Waals surface area contributed by atoms with Crippen LogP contribution in [0, 0.1) is 0 Å². The van der Waals surface area contributed by atoms with Crippen LogP contribution in [-0.4, -0.2) is 37.4 Å². The lowest BCUT2D eigenvalue weighted by Gasteiger charge is -2.23. The summed E-state index contributed by atoms with van der Waals surface area (Å²) in [4.78, 5) is 12.4. The number of ether oxygens (including phenoxy) is 2. The van der Waals surface area contributed by atoms with Crippen molar-refractivity contribution in [2.75, 3.05) is 20.8 Å². The molecule has 124 valence electrons. The number of nitrogens with one attached hydrogen (secondary N) is 1.